The molecule has 0 aliphatic carbocycles. The number of aromatic nitrogens is 1. The first-order valence-corrected chi connectivity index (χ1v) is 21.2. The topological polar surface area (TPSA) is 196 Å². The standard InChI is InChI=1S/C45H56FN7O6S/c1-27(29-13-15-30(16-14-29)40-28(2)48-26-60-40)49-43(58)37-24-34(54)25-53(37)44(59)41(45(3,4)5)52-39(56)12-10-8-6-7-9-11-38(55)50-33-20-17-31(18-21-33)42(57)51-36-22-19-32(46)23-35(36)47/h13-23,26-27,34,37,41,54H,6-12,24-25,47H2,1-5H3,(H,49,58)(H,50,55)(H,51,57)(H,52,56). The molecule has 320 valence electrons. The normalized spacial score (nSPS) is 16.1. The molecule has 0 radical (unpaired) electrons. The van der Waals surface area contributed by atoms with Crippen molar-refractivity contribution in [2.45, 2.75) is 110 Å². The third-order valence-electron chi connectivity index (χ3n) is 10.6. The molecule has 1 aromatic heterocycles. The molecule has 2 heterocycles. The quantitative estimate of drug-likeness (QED) is 0.0477. The number of anilines is 3. The van der Waals surface area contributed by atoms with Gasteiger partial charge in [0.15, 0.2) is 0 Å². The van der Waals surface area contributed by atoms with Gasteiger partial charge >= 0.3 is 0 Å². The number of β-amino-alcohol motifs (C(OH)–C–C–N with tert-alkyl or cyclic N) is 1. The zero-order chi connectivity index (χ0) is 43.6. The maximum absolute atomic E-state index is 14.0. The van der Waals surface area contributed by atoms with E-state index in [0.717, 1.165) is 47.0 Å². The van der Waals surface area contributed by atoms with E-state index in [-0.39, 0.29) is 48.8 Å². The summed E-state index contributed by atoms with van der Waals surface area (Å²) in [5, 5.41) is 22.0. The van der Waals surface area contributed by atoms with E-state index in [1.165, 1.54) is 17.0 Å². The maximum atomic E-state index is 14.0. The van der Waals surface area contributed by atoms with Crippen molar-refractivity contribution in [3.63, 3.8) is 0 Å². The van der Waals surface area contributed by atoms with Crippen LogP contribution in [0.1, 0.15) is 107 Å². The van der Waals surface area contributed by atoms with Crippen LogP contribution in [-0.4, -0.2) is 69.3 Å². The molecule has 60 heavy (non-hydrogen) atoms. The predicted octanol–water partition coefficient (Wildman–Crippen LogP) is 7.13. The number of thiazole rings is 1. The van der Waals surface area contributed by atoms with Crippen LogP contribution in [0.2, 0.25) is 0 Å². The molecule has 5 amide bonds. The van der Waals surface area contributed by atoms with Crippen LogP contribution < -0.4 is 27.0 Å². The molecule has 1 aliphatic heterocycles. The molecule has 4 aromatic rings. The fraction of sp³-hybridized carbons (Fsp3) is 0.422. The zero-order valence-corrected chi connectivity index (χ0v) is 35.7. The van der Waals surface area contributed by atoms with Crippen LogP contribution in [0.25, 0.3) is 10.4 Å². The fourth-order valence-corrected chi connectivity index (χ4v) is 7.93. The number of unbranched alkanes of at least 4 members (excludes halogenated alkanes) is 4. The minimum Gasteiger partial charge on any atom is -0.397 e. The highest BCUT2D eigenvalue weighted by molar-refractivity contribution is 7.13. The Kier molecular flexibility index (Phi) is 15.5. The van der Waals surface area contributed by atoms with E-state index < -0.39 is 41.2 Å². The Morgan fingerprint density at radius 1 is 0.900 bits per heavy atom. The van der Waals surface area contributed by atoms with Gasteiger partial charge in [-0.05, 0) is 85.7 Å². The summed E-state index contributed by atoms with van der Waals surface area (Å²) < 4.78 is 13.3. The number of hydrogen-bond acceptors (Lipinski definition) is 9. The molecule has 15 heteroatoms. The number of halogens is 1. The number of aryl methyl sites for hydroxylation is 1. The second-order valence-electron chi connectivity index (χ2n) is 16.5. The summed E-state index contributed by atoms with van der Waals surface area (Å²) in [6.07, 6.45) is 3.41. The van der Waals surface area contributed by atoms with Crippen LogP contribution in [0.5, 0.6) is 0 Å². The number of nitrogen functional groups attached to an aromatic ring is 1. The highest BCUT2D eigenvalue weighted by Crippen LogP contribution is 2.30. The summed E-state index contributed by atoms with van der Waals surface area (Å²) in [4.78, 5) is 72.6. The number of nitrogens with one attached hydrogen (secondary N) is 4. The number of amides is 5. The van der Waals surface area contributed by atoms with Gasteiger partial charge in [-0.2, -0.15) is 0 Å². The van der Waals surface area contributed by atoms with Crippen molar-refractivity contribution in [2.24, 2.45) is 5.41 Å². The monoisotopic (exact) mass is 841 g/mol. The molecule has 4 unspecified atom stereocenters. The van der Waals surface area contributed by atoms with Gasteiger partial charge < -0.3 is 37.0 Å². The van der Waals surface area contributed by atoms with E-state index in [1.54, 1.807) is 35.6 Å². The third kappa shape index (κ3) is 12.4. The number of hydrogen-bond donors (Lipinski definition) is 6. The summed E-state index contributed by atoms with van der Waals surface area (Å²) in [6.45, 7) is 9.41. The Bertz CT molecular complexity index is 2140. The van der Waals surface area contributed by atoms with E-state index in [0.29, 0.717) is 36.2 Å². The lowest BCUT2D eigenvalue weighted by molar-refractivity contribution is -0.144. The van der Waals surface area contributed by atoms with Gasteiger partial charge in [-0.25, -0.2) is 9.37 Å². The van der Waals surface area contributed by atoms with Crippen LogP contribution in [0.4, 0.5) is 21.5 Å². The third-order valence-corrected chi connectivity index (χ3v) is 11.5. The number of nitrogens with zero attached hydrogens (tertiary/aromatic N) is 2. The van der Waals surface area contributed by atoms with Gasteiger partial charge in [0, 0.05) is 37.1 Å². The Hall–Kier alpha value is -5.67. The molecule has 3 aromatic carbocycles. The predicted molar refractivity (Wildman–Crippen MR) is 233 cm³/mol. The van der Waals surface area contributed by atoms with Crippen LogP contribution in [0, 0.1) is 18.2 Å². The second-order valence-corrected chi connectivity index (χ2v) is 17.3. The van der Waals surface area contributed by atoms with Crippen LogP contribution in [-0.2, 0) is 19.2 Å². The van der Waals surface area contributed by atoms with E-state index >= 15 is 0 Å². The number of aliphatic hydroxyl groups is 1. The maximum Gasteiger partial charge on any atom is 0.255 e. The molecule has 0 bridgehead atoms. The summed E-state index contributed by atoms with van der Waals surface area (Å²) in [6, 6.07) is 15.9. The van der Waals surface area contributed by atoms with Crippen LogP contribution in [0.15, 0.2) is 72.2 Å². The van der Waals surface area contributed by atoms with Gasteiger partial charge in [0.25, 0.3) is 5.91 Å². The molecule has 13 nitrogen and oxygen atoms in total. The van der Waals surface area contributed by atoms with Crippen molar-refractivity contribution in [1.29, 1.82) is 0 Å². The summed E-state index contributed by atoms with van der Waals surface area (Å²) in [5.41, 5.74) is 11.1. The number of carbonyl (C=O) groups is 5. The second kappa shape index (κ2) is 20.5. The van der Waals surface area contributed by atoms with E-state index in [2.05, 4.69) is 26.3 Å². The fourth-order valence-electron chi connectivity index (χ4n) is 7.12. The molecule has 0 spiro atoms. The largest absolute Gasteiger partial charge is 0.397 e. The molecular weight excluding hydrogens is 786 g/mol. The van der Waals surface area contributed by atoms with Gasteiger partial charge in [0.05, 0.1) is 39.6 Å². The molecule has 1 fully saturated rings. The molecule has 1 aliphatic rings. The Labute approximate surface area is 354 Å². The van der Waals surface area contributed by atoms with E-state index in [1.807, 2.05) is 64.4 Å². The van der Waals surface area contributed by atoms with Gasteiger partial charge in [-0.1, -0.05) is 64.3 Å². The minimum atomic E-state index is -0.904. The molecule has 4 atom stereocenters. The SMILES string of the molecule is Cc1ncsc1-c1ccc(C(C)NC(=O)C2CC(O)CN2C(=O)C(NC(=O)CCCCCCCC(=O)Nc2ccc(C(=O)Nc3ccc(F)cc3N)cc2)C(C)(C)C)cc1. The van der Waals surface area contributed by atoms with E-state index in [9.17, 15) is 33.5 Å². The first-order chi connectivity index (χ1) is 28.5. The molecule has 0 saturated carbocycles. The number of benzene rings is 3. The molecule has 1 saturated heterocycles. The number of carbonyl (C=O) groups excluding carboxylic acids is 5. The van der Waals surface area contributed by atoms with Crippen molar-refractivity contribution < 1.29 is 33.5 Å². The van der Waals surface area contributed by atoms with Crippen molar-refractivity contribution in [1.82, 2.24) is 20.5 Å². The van der Waals surface area contributed by atoms with Crippen LogP contribution in [0.3, 0.4) is 0 Å². The first kappa shape index (κ1) is 45.4. The van der Waals surface area contributed by atoms with Crippen LogP contribution >= 0.6 is 11.3 Å². The van der Waals surface area contributed by atoms with Crippen molar-refractivity contribution >= 4 is 57.9 Å². The van der Waals surface area contributed by atoms with Gasteiger partial charge in [0.2, 0.25) is 23.6 Å². The lowest BCUT2D eigenvalue weighted by Crippen LogP contribution is -2.57. The first-order valence-electron chi connectivity index (χ1n) is 20.3. The summed E-state index contributed by atoms with van der Waals surface area (Å²) >= 11 is 1.57. The molecule has 5 rings (SSSR count). The van der Waals surface area contributed by atoms with Gasteiger partial charge in [-0.3, -0.25) is 24.0 Å². The minimum absolute atomic E-state index is 0.00400. The Morgan fingerprint density at radius 2 is 1.55 bits per heavy atom. The number of aliphatic hydroxyl groups excluding tert-OH is 1. The smallest absolute Gasteiger partial charge is 0.255 e. The lowest BCUT2D eigenvalue weighted by Gasteiger charge is -2.35. The average molecular weight is 842 g/mol. The number of rotatable bonds is 17. The Balaban J connectivity index is 1.01. The number of likely N-dealkylation sites (tertiary alicyclic amines) is 1. The zero-order valence-electron chi connectivity index (χ0n) is 34.8. The molecule has 7 N–H and O–H groups in total. The van der Waals surface area contributed by atoms with E-state index in [4.69, 9.17) is 5.73 Å². The summed E-state index contributed by atoms with van der Waals surface area (Å²) in [5.74, 6) is -2.11. The summed E-state index contributed by atoms with van der Waals surface area (Å²) in [7, 11) is 0. The van der Waals surface area contributed by atoms with Gasteiger partial charge in [0.1, 0.15) is 17.9 Å². The highest BCUT2D eigenvalue weighted by Gasteiger charge is 2.44. The van der Waals surface area contributed by atoms with Crippen molar-refractivity contribution in [3.05, 3.63) is 94.9 Å². The van der Waals surface area contributed by atoms with Gasteiger partial charge in [-0.15, -0.1) is 11.3 Å². The van der Waals surface area contributed by atoms with Crippen molar-refractivity contribution in [3.8, 4) is 10.4 Å². The van der Waals surface area contributed by atoms with Crippen molar-refractivity contribution in [2.75, 3.05) is 22.9 Å². The average Bonchev–Trinajstić information content (AvgIpc) is 3.82. The number of nitrogens with two attached hydrogens (primary N) is 1. The highest BCUT2D eigenvalue weighted by atomic mass is 32.1. The Morgan fingerprint density at radius 3 is 2.17 bits per heavy atom. The lowest BCUT2D eigenvalue weighted by atomic mass is 9.85. The molecular formula is C45H56FN7O6S.